The fourth-order valence-electron chi connectivity index (χ4n) is 1.78. The summed E-state index contributed by atoms with van der Waals surface area (Å²) in [6.07, 6.45) is 4.33. The molecule has 1 aliphatic carbocycles. The van der Waals surface area contributed by atoms with Crippen LogP contribution in [0.2, 0.25) is 5.15 Å². The van der Waals surface area contributed by atoms with Crippen LogP contribution in [-0.2, 0) is 0 Å². The Bertz CT molecular complexity index is 332. The monoisotopic (exact) mass is 225 g/mol. The van der Waals surface area contributed by atoms with Gasteiger partial charge >= 0.3 is 0 Å². The quantitative estimate of drug-likeness (QED) is 0.794. The number of nitrogens with one attached hydrogen (secondary N) is 1. The molecule has 1 aliphatic rings. The maximum absolute atomic E-state index is 5.75. The van der Waals surface area contributed by atoms with E-state index in [-0.39, 0.29) is 0 Å². The Hall–Kier alpha value is -0.800. The number of hydrogen-bond acceptors (Lipinski definition) is 3. The zero-order valence-corrected chi connectivity index (χ0v) is 9.88. The Morgan fingerprint density at radius 1 is 1.53 bits per heavy atom. The molecule has 1 fully saturated rings. The minimum atomic E-state index is 0.328. The molecule has 0 unspecified atom stereocenters. The number of anilines is 1. The van der Waals surface area contributed by atoms with Crippen LogP contribution >= 0.6 is 11.6 Å². The van der Waals surface area contributed by atoms with E-state index in [1.165, 1.54) is 12.8 Å². The fraction of sp³-hybridized carbons (Fsp3) is 0.545. The second-order valence-corrected chi connectivity index (χ2v) is 4.61. The summed E-state index contributed by atoms with van der Waals surface area (Å²) in [5.74, 6) is 0. The first-order valence-corrected chi connectivity index (χ1v) is 5.55. The average Bonchev–Trinajstić information content (AvgIpc) is 2.99. The van der Waals surface area contributed by atoms with Crippen molar-refractivity contribution in [2.24, 2.45) is 0 Å². The summed E-state index contributed by atoms with van der Waals surface area (Å²) >= 11 is 5.75. The van der Waals surface area contributed by atoms with Gasteiger partial charge in [-0.2, -0.15) is 0 Å². The maximum atomic E-state index is 5.75. The lowest BCUT2D eigenvalue weighted by Crippen LogP contribution is -2.39. The van der Waals surface area contributed by atoms with Crippen LogP contribution in [-0.4, -0.2) is 31.2 Å². The van der Waals surface area contributed by atoms with Gasteiger partial charge in [-0.1, -0.05) is 11.6 Å². The molecule has 1 aromatic rings. The van der Waals surface area contributed by atoms with Gasteiger partial charge in [0.05, 0.1) is 11.9 Å². The van der Waals surface area contributed by atoms with Gasteiger partial charge < -0.3 is 10.2 Å². The van der Waals surface area contributed by atoms with E-state index in [9.17, 15) is 0 Å². The van der Waals surface area contributed by atoms with Gasteiger partial charge in [-0.05, 0) is 32.0 Å². The maximum Gasteiger partial charge on any atom is 0.129 e. The molecule has 0 aliphatic heterocycles. The molecule has 1 aromatic heterocycles. The fourth-order valence-corrected chi connectivity index (χ4v) is 1.89. The summed E-state index contributed by atoms with van der Waals surface area (Å²) in [6, 6.07) is 3.83. The van der Waals surface area contributed by atoms with Gasteiger partial charge in [0.15, 0.2) is 0 Å². The first-order chi connectivity index (χ1) is 7.15. The van der Waals surface area contributed by atoms with Crippen LogP contribution < -0.4 is 10.2 Å². The third kappa shape index (κ3) is 2.41. The predicted molar refractivity (Wildman–Crippen MR) is 63.5 cm³/mol. The lowest BCUT2D eigenvalue weighted by molar-refractivity contribution is 0.549. The van der Waals surface area contributed by atoms with Crippen molar-refractivity contribution in [3.05, 3.63) is 23.5 Å². The van der Waals surface area contributed by atoms with Crippen LogP contribution in [0.3, 0.4) is 0 Å². The van der Waals surface area contributed by atoms with Crippen LogP contribution in [0, 0.1) is 0 Å². The van der Waals surface area contributed by atoms with E-state index in [1.807, 2.05) is 25.4 Å². The third-order valence-corrected chi connectivity index (χ3v) is 3.30. The zero-order chi connectivity index (χ0) is 10.9. The average molecular weight is 226 g/mol. The summed E-state index contributed by atoms with van der Waals surface area (Å²) in [4.78, 5) is 6.29. The highest BCUT2D eigenvalue weighted by Gasteiger charge is 2.41. The number of rotatable bonds is 4. The van der Waals surface area contributed by atoms with Crippen molar-refractivity contribution < 1.29 is 0 Å². The van der Waals surface area contributed by atoms with Gasteiger partial charge in [0, 0.05) is 19.1 Å². The number of nitrogens with zero attached hydrogens (tertiary/aromatic N) is 2. The van der Waals surface area contributed by atoms with Crippen molar-refractivity contribution in [1.82, 2.24) is 10.3 Å². The molecule has 82 valence electrons. The molecule has 1 saturated carbocycles. The Balaban J connectivity index is 2.01. The molecule has 0 saturated heterocycles. The van der Waals surface area contributed by atoms with Crippen molar-refractivity contribution in [2.45, 2.75) is 18.4 Å². The lowest BCUT2D eigenvalue weighted by atomic mass is 10.2. The van der Waals surface area contributed by atoms with E-state index in [0.29, 0.717) is 10.7 Å². The molecule has 3 nitrogen and oxygen atoms in total. The van der Waals surface area contributed by atoms with Gasteiger partial charge in [0.1, 0.15) is 5.15 Å². The Morgan fingerprint density at radius 2 is 2.27 bits per heavy atom. The van der Waals surface area contributed by atoms with Gasteiger partial charge in [-0.15, -0.1) is 0 Å². The Morgan fingerprint density at radius 3 is 2.73 bits per heavy atom. The van der Waals surface area contributed by atoms with Crippen LogP contribution in [0.25, 0.3) is 0 Å². The molecular formula is C11H16ClN3. The molecule has 1 heterocycles. The number of hydrogen-bond donors (Lipinski definition) is 1. The highest BCUT2D eigenvalue weighted by molar-refractivity contribution is 6.29. The predicted octanol–water partition coefficient (Wildman–Crippen LogP) is 1.92. The van der Waals surface area contributed by atoms with Crippen LogP contribution in [0.15, 0.2) is 18.3 Å². The summed E-state index contributed by atoms with van der Waals surface area (Å²) < 4.78 is 0. The molecule has 1 N–H and O–H groups in total. The first-order valence-electron chi connectivity index (χ1n) is 5.17. The van der Waals surface area contributed by atoms with Crippen LogP contribution in [0.1, 0.15) is 12.8 Å². The number of halogens is 1. The molecule has 0 radical (unpaired) electrons. The van der Waals surface area contributed by atoms with Crippen molar-refractivity contribution >= 4 is 17.3 Å². The van der Waals surface area contributed by atoms with Crippen LogP contribution in [0.5, 0.6) is 0 Å². The molecule has 0 spiro atoms. The third-order valence-electron chi connectivity index (χ3n) is 3.08. The molecular weight excluding hydrogens is 210 g/mol. The lowest BCUT2D eigenvalue weighted by Gasteiger charge is -2.25. The van der Waals surface area contributed by atoms with Crippen LogP contribution in [0.4, 0.5) is 5.69 Å². The van der Waals surface area contributed by atoms with Crippen molar-refractivity contribution in [1.29, 1.82) is 0 Å². The van der Waals surface area contributed by atoms with Gasteiger partial charge in [-0.3, -0.25) is 0 Å². The molecule has 2 rings (SSSR count). The summed E-state index contributed by atoms with van der Waals surface area (Å²) in [5.41, 5.74) is 1.44. The summed E-state index contributed by atoms with van der Waals surface area (Å²) in [5, 5.41) is 3.92. The second kappa shape index (κ2) is 3.99. The number of aromatic nitrogens is 1. The van der Waals surface area contributed by atoms with E-state index in [4.69, 9.17) is 11.6 Å². The van der Waals surface area contributed by atoms with Crippen molar-refractivity contribution in [3.8, 4) is 0 Å². The number of pyridine rings is 1. The zero-order valence-electron chi connectivity index (χ0n) is 9.13. The molecule has 0 bridgehead atoms. The number of likely N-dealkylation sites (N-methyl/N-ethyl adjacent to an activating group) is 2. The van der Waals surface area contributed by atoms with Gasteiger partial charge in [0.25, 0.3) is 0 Å². The molecule has 0 aromatic carbocycles. The van der Waals surface area contributed by atoms with E-state index < -0.39 is 0 Å². The van der Waals surface area contributed by atoms with Gasteiger partial charge in [-0.25, -0.2) is 4.98 Å². The van der Waals surface area contributed by atoms with Crippen molar-refractivity contribution in [2.75, 3.05) is 25.5 Å². The molecule has 4 heteroatoms. The smallest absolute Gasteiger partial charge is 0.129 e. The Kier molecular flexibility index (Phi) is 2.85. The standard InChI is InChI=1S/C11H16ClN3/c1-13-11(5-6-11)8-15(2)9-3-4-10(12)14-7-9/h3-4,7,13H,5-6,8H2,1-2H3. The largest absolute Gasteiger partial charge is 0.372 e. The molecule has 0 amide bonds. The minimum absolute atomic E-state index is 0.328. The molecule has 0 atom stereocenters. The van der Waals surface area contributed by atoms with E-state index in [0.717, 1.165) is 12.2 Å². The SMILES string of the molecule is CNC1(CN(C)c2ccc(Cl)nc2)CC1. The second-order valence-electron chi connectivity index (χ2n) is 4.23. The van der Waals surface area contributed by atoms with Crippen molar-refractivity contribution in [3.63, 3.8) is 0 Å². The summed E-state index contributed by atoms with van der Waals surface area (Å²) in [7, 11) is 4.11. The minimum Gasteiger partial charge on any atom is -0.372 e. The highest BCUT2D eigenvalue weighted by atomic mass is 35.5. The Labute approximate surface area is 95.4 Å². The van der Waals surface area contributed by atoms with Gasteiger partial charge in [0.2, 0.25) is 0 Å². The van der Waals surface area contributed by atoms with E-state index >= 15 is 0 Å². The topological polar surface area (TPSA) is 28.2 Å². The highest BCUT2D eigenvalue weighted by Crippen LogP contribution is 2.36. The first kappa shape index (κ1) is 10.7. The van der Waals surface area contributed by atoms with E-state index in [2.05, 4.69) is 22.2 Å². The molecule has 15 heavy (non-hydrogen) atoms. The van der Waals surface area contributed by atoms with E-state index in [1.54, 1.807) is 0 Å². The summed E-state index contributed by atoms with van der Waals surface area (Å²) in [6.45, 7) is 1.02. The normalized spacial score (nSPS) is 17.5.